The molecule has 0 unspecified atom stereocenters. The topological polar surface area (TPSA) is 62.6 Å². The van der Waals surface area contributed by atoms with E-state index >= 15 is 0 Å². The number of thioether (sulfide) groups is 1. The predicted molar refractivity (Wildman–Crippen MR) is 108 cm³/mol. The highest BCUT2D eigenvalue weighted by atomic mass is 32.2. The van der Waals surface area contributed by atoms with E-state index in [1.165, 1.54) is 16.7 Å². The summed E-state index contributed by atoms with van der Waals surface area (Å²) in [6, 6.07) is 11.2. The summed E-state index contributed by atoms with van der Waals surface area (Å²) in [6.45, 7) is 2.39. The quantitative estimate of drug-likeness (QED) is 0.595. The monoisotopic (exact) mass is 386 g/mol. The van der Waals surface area contributed by atoms with E-state index < -0.39 is 0 Å². The number of anilines is 1. The number of carbonyl (C=O) groups is 2. The van der Waals surface area contributed by atoms with Crippen LogP contribution in [0.2, 0.25) is 0 Å². The van der Waals surface area contributed by atoms with Crippen LogP contribution < -0.4 is 5.32 Å². The molecule has 1 saturated heterocycles. The van der Waals surface area contributed by atoms with Gasteiger partial charge in [0.25, 0.3) is 5.91 Å². The van der Waals surface area contributed by atoms with Crippen LogP contribution in [0, 0.1) is 6.92 Å². The summed E-state index contributed by atoms with van der Waals surface area (Å²) in [5.74, 6) is 0.394. The van der Waals surface area contributed by atoms with Gasteiger partial charge in [0.2, 0.25) is 5.91 Å². The molecule has 0 spiro atoms. The van der Waals surface area contributed by atoms with Crippen LogP contribution in [0.5, 0.6) is 0 Å². The number of nitrogens with zero attached hydrogens (tertiary/aromatic N) is 1. The van der Waals surface area contributed by atoms with Crippen molar-refractivity contribution in [2.45, 2.75) is 19.8 Å². The minimum absolute atomic E-state index is 0.0767. The van der Waals surface area contributed by atoms with Crippen molar-refractivity contribution in [2.75, 3.05) is 11.9 Å². The van der Waals surface area contributed by atoms with E-state index in [0.717, 1.165) is 11.3 Å². The lowest BCUT2D eigenvalue weighted by molar-refractivity contribution is -0.122. The molecule has 26 heavy (non-hydrogen) atoms. The van der Waals surface area contributed by atoms with E-state index in [1.54, 1.807) is 24.5 Å². The molecule has 1 aromatic heterocycles. The third-order valence-electron chi connectivity index (χ3n) is 3.78. The predicted octanol–water partition coefficient (Wildman–Crippen LogP) is 4.21. The van der Waals surface area contributed by atoms with Crippen LogP contribution >= 0.6 is 24.0 Å². The third kappa shape index (κ3) is 4.62. The normalized spacial score (nSPS) is 15.7. The number of furan rings is 1. The first-order valence-electron chi connectivity index (χ1n) is 8.18. The molecule has 2 aromatic rings. The molecule has 7 heteroatoms. The molecule has 0 aliphatic carbocycles. The number of carbonyl (C=O) groups excluding carboxylic acids is 2. The zero-order valence-corrected chi connectivity index (χ0v) is 15.9. The van der Waals surface area contributed by atoms with Crippen molar-refractivity contribution in [1.29, 1.82) is 0 Å². The lowest BCUT2D eigenvalue weighted by atomic mass is 10.2. The van der Waals surface area contributed by atoms with Gasteiger partial charge < -0.3 is 9.73 Å². The van der Waals surface area contributed by atoms with E-state index in [1.807, 2.05) is 31.2 Å². The zero-order valence-electron chi connectivity index (χ0n) is 14.2. The van der Waals surface area contributed by atoms with Crippen molar-refractivity contribution >= 4 is 51.9 Å². The van der Waals surface area contributed by atoms with Crippen molar-refractivity contribution in [2.24, 2.45) is 0 Å². The summed E-state index contributed by atoms with van der Waals surface area (Å²) in [6.07, 6.45) is 4.10. The molecular formula is C19H18N2O3S2. The van der Waals surface area contributed by atoms with Gasteiger partial charge in [-0.25, -0.2) is 0 Å². The molecule has 0 atom stereocenters. The Labute approximate surface area is 161 Å². The Morgan fingerprint density at radius 3 is 2.92 bits per heavy atom. The fourth-order valence-electron chi connectivity index (χ4n) is 2.54. The maximum absolute atomic E-state index is 12.5. The molecule has 0 saturated carbocycles. The van der Waals surface area contributed by atoms with Gasteiger partial charge in [-0.3, -0.25) is 14.5 Å². The van der Waals surface area contributed by atoms with Crippen molar-refractivity contribution in [3.05, 3.63) is 58.9 Å². The van der Waals surface area contributed by atoms with Gasteiger partial charge in [-0.2, -0.15) is 0 Å². The number of benzene rings is 1. The second-order valence-electron chi connectivity index (χ2n) is 5.87. The largest absolute Gasteiger partial charge is 0.465 e. The molecule has 0 radical (unpaired) electrons. The zero-order chi connectivity index (χ0) is 18.5. The summed E-state index contributed by atoms with van der Waals surface area (Å²) < 4.78 is 5.74. The number of thiocarbonyl (C=S) groups is 1. The standard InChI is InChI=1S/C19H18N2O3S2/c1-13-5-2-6-14(11-13)20-17(22)8-3-9-21-18(23)16(26-19(21)25)12-15-7-4-10-24-15/h2,4-7,10-12H,3,8-9H2,1H3,(H,20,22). The number of hydrogen-bond acceptors (Lipinski definition) is 5. The van der Waals surface area contributed by atoms with Gasteiger partial charge in [-0.1, -0.05) is 36.1 Å². The average molecular weight is 386 g/mol. The van der Waals surface area contributed by atoms with Crippen LogP contribution in [0.25, 0.3) is 6.08 Å². The molecule has 5 nitrogen and oxygen atoms in total. The van der Waals surface area contributed by atoms with E-state index in [0.29, 0.717) is 34.4 Å². The molecule has 2 amide bonds. The Balaban J connectivity index is 1.51. The Hall–Kier alpha value is -2.38. The smallest absolute Gasteiger partial charge is 0.266 e. The lowest BCUT2D eigenvalue weighted by Crippen LogP contribution is -2.29. The first-order valence-corrected chi connectivity index (χ1v) is 9.41. The summed E-state index contributed by atoms with van der Waals surface area (Å²) in [5.41, 5.74) is 1.87. The fourth-order valence-corrected chi connectivity index (χ4v) is 3.83. The van der Waals surface area contributed by atoms with Crippen LogP contribution in [0.15, 0.2) is 52.0 Å². The van der Waals surface area contributed by atoms with Gasteiger partial charge in [0, 0.05) is 24.7 Å². The summed E-state index contributed by atoms with van der Waals surface area (Å²) in [4.78, 5) is 26.6. The maximum Gasteiger partial charge on any atom is 0.266 e. The van der Waals surface area contributed by atoms with Crippen LogP contribution in [0.3, 0.4) is 0 Å². The van der Waals surface area contributed by atoms with E-state index in [2.05, 4.69) is 5.32 Å². The van der Waals surface area contributed by atoms with Crippen molar-refractivity contribution in [3.8, 4) is 0 Å². The minimum atomic E-state index is -0.143. The summed E-state index contributed by atoms with van der Waals surface area (Å²) in [7, 11) is 0. The molecule has 1 aromatic carbocycles. The Morgan fingerprint density at radius 1 is 1.35 bits per heavy atom. The van der Waals surface area contributed by atoms with Gasteiger partial charge in [0.1, 0.15) is 10.1 Å². The van der Waals surface area contributed by atoms with Crippen LogP contribution in [0.4, 0.5) is 5.69 Å². The van der Waals surface area contributed by atoms with Crippen LogP contribution in [-0.4, -0.2) is 27.6 Å². The molecule has 1 N–H and O–H groups in total. The Bertz CT molecular complexity index is 859. The first-order chi connectivity index (χ1) is 12.5. The number of aryl methyl sites for hydroxylation is 1. The Morgan fingerprint density at radius 2 is 2.19 bits per heavy atom. The van der Waals surface area contributed by atoms with E-state index in [-0.39, 0.29) is 11.8 Å². The van der Waals surface area contributed by atoms with E-state index in [4.69, 9.17) is 16.6 Å². The molecule has 134 valence electrons. The summed E-state index contributed by atoms with van der Waals surface area (Å²) >= 11 is 6.54. The molecule has 0 bridgehead atoms. The lowest BCUT2D eigenvalue weighted by Gasteiger charge is -2.14. The SMILES string of the molecule is Cc1cccc(NC(=O)CCCN2C(=O)C(=Cc3ccco3)SC2=S)c1. The average Bonchev–Trinajstić information content (AvgIpc) is 3.19. The highest BCUT2D eigenvalue weighted by Gasteiger charge is 2.31. The molecule has 1 fully saturated rings. The third-order valence-corrected chi connectivity index (χ3v) is 5.16. The second kappa shape index (κ2) is 8.33. The molecule has 1 aliphatic heterocycles. The molecule has 3 rings (SSSR count). The van der Waals surface area contributed by atoms with E-state index in [9.17, 15) is 9.59 Å². The number of rotatable bonds is 6. The van der Waals surface area contributed by atoms with Gasteiger partial charge in [0.05, 0.1) is 11.2 Å². The minimum Gasteiger partial charge on any atom is -0.465 e. The highest BCUT2D eigenvalue weighted by molar-refractivity contribution is 8.26. The molecule has 2 heterocycles. The molecule has 1 aliphatic rings. The van der Waals surface area contributed by atoms with Crippen LogP contribution in [0.1, 0.15) is 24.2 Å². The molecular weight excluding hydrogens is 368 g/mol. The van der Waals surface area contributed by atoms with Crippen LogP contribution in [-0.2, 0) is 9.59 Å². The second-order valence-corrected chi connectivity index (χ2v) is 7.55. The van der Waals surface area contributed by atoms with Crippen molar-refractivity contribution in [1.82, 2.24) is 4.90 Å². The van der Waals surface area contributed by atoms with Crippen molar-refractivity contribution in [3.63, 3.8) is 0 Å². The van der Waals surface area contributed by atoms with Gasteiger partial charge in [-0.05, 0) is 43.2 Å². The van der Waals surface area contributed by atoms with Gasteiger partial charge >= 0.3 is 0 Å². The highest BCUT2D eigenvalue weighted by Crippen LogP contribution is 2.32. The van der Waals surface area contributed by atoms with Crippen molar-refractivity contribution < 1.29 is 14.0 Å². The first kappa shape index (κ1) is 18.4. The number of amides is 2. The van der Waals surface area contributed by atoms with Gasteiger partial charge in [0.15, 0.2) is 0 Å². The summed E-state index contributed by atoms with van der Waals surface area (Å²) in [5, 5.41) is 2.86. The Kier molecular flexibility index (Phi) is 5.90. The van der Waals surface area contributed by atoms with Gasteiger partial charge in [-0.15, -0.1) is 0 Å². The number of hydrogen-bond donors (Lipinski definition) is 1. The maximum atomic E-state index is 12.5. The number of nitrogens with one attached hydrogen (secondary N) is 1. The fraction of sp³-hybridized carbons (Fsp3) is 0.211.